The van der Waals surface area contributed by atoms with Gasteiger partial charge in [0, 0.05) is 19.1 Å². The monoisotopic (exact) mass is 314 g/mol. The number of hydrogen-bond donors (Lipinski definition) is 1. The topological polar surface area (TPSA) is 29.3 Å². The van der Waals surface area contributed by atoms with Crippen LogP contribution in [0.5, 0.6) is 0 Å². The number of nitrogens with zero attached hydrogens (tertiary/aromatic N) is 1. The Morgan fingerprint density at radius 2 is 2.28 bits per heavy atom. The van der Waals surface area contributed by atoms with Crippen molar-refractivity contribution in [1.29, 1.82) is 0 Å². The molecule has 4 heteroatoms. The average Bonchev–Trinajstić information content (AvgIpc) is 2.36. The predicted octanol–water partition coefficient (Wildman–Crippen LogP) is 3.15. The van der Waals surface area contributed by atoms with Crippen LogP contribution >= 0.6 is 15.9 Å². The zero-order valence-corrected chi connectivity index (χ0v) is 12.3. The molecular formula is C14H20BrFN2. The third-order valence-corrected chi connectivity index (χ3v) is 4.43. The molecule has 1 fully saturated rings. The molecule has 2 rings (SSSR count). The summed E-state index contributed by atoms with van der Waals surface area (Å²) < 4.78 is 14.0. The minimum Gasteiger partial charge on any atom is -0.327 e. The maximum absolute atomic E-state index is 13.5. The number of piperidine rings is 1. The Bertz CT molecular complexity index is 411. The van der Waals surface area contributed by atoms with Gasteiger partial charge in [-0.1, -0.05) is 19.4 Å². The zero-order chi connectivity index (χ0) is 13.1. The van der Waals surface area contributed by atoms with E-state index in [0.717, 1.165) is 38.0 Å². The third-order valence-electron chi connectivity index (χ3n) is 3.79. The van der Waals surface area contributed by atoms with Crippen LogP contribution in [0.15, 0.2) is 22.7 Å². The van der Waals surface area contributed by atoms with Gasteiger partial charge in [0.25, 0.3) is 0 Å². The summed E-state index contributed by atoms with van der Waals surface area (Å²) in [5.74, 6) is 0.382. The van der Waals surface area contributed by atoms with E-state index in [4.69, 9.17) is 5.73 Å². The summed E-state index contributed by atoms with van der Waals surface area (Å²) in [6.45, 7) is 5.03. The summed E-state index contributed by atoms with van der Waals surface area (Å²) >= 11 is 3.18. The first kappa shape index (κ1) is 14.0. The normalized spacial score (nSPS) is 25.3. The maximum atomic E-state index is 13.5. The van der Waals surface area contributed by atoms with E-state index >= 15 is 0 Å². The molecule has 1 aromatic carbocycles. The Morgan fingerprint density at radius 3 is 2.94 bits per heavy atom. The SMILES string of the molecule is CCC1CN(Cc2ccc(Br)c(F)c2)CCC1N. The number of nitrogens with two attached hydrogens (primary N) is 1. The molecule has 100 valence electrons. The van der Waals surface area contributed by atoms with Crippen LogP contribution < -0.4 is 5.73 Å². The van der Waals surface area contributed by atoms with Gasteiger partial charge < -0.3 is 5.73 Å². The summed E-state index contributed by atoms with van der Waals surface area (Å²) in [6, 6.07) is 5.69. The highest BCUT2D eigenvalue weighted by molar-refractivity contribution is 9.10. The molecule has 1 aliphatic rings. The Balaban J connectivity index is 1.99. The second-order valence-electron chi connectivity index (χ2n) is 5.10. The van der Waals surface area contributed by atoms with Crippen LogP contribution in [0.2, 0.25) is 0 Å². The van der Waals surface area contributed by atoms with Crippen LogP contribution in [0.25, 0.3) is 0 Å². The molecule has 1 heterocycles. The molecule has 2 unspecified atom stereocenters. The van der Waals surface area contributed by atoms with Gasteiger partial charge in [0.05, 0.1) is 4.47 Å². The first-order valence-electron chi connectivity index (χ1n) is 6.52. The largest absolute Gasteiger partial charge is 0.327 e. The molecule has 0 spiro atoms. The molecular weight excluding hydrogens is 295 g/mol. The number of benzene rings is 1. The highest BCUT2D eigenvalue weighted by atomic mass is 79.9. The molecule has 1 saturated heterocycles. The van der Waals surface area contributed by atoms with Crippen molar-refractivity contribution in [1.82, 2.24) is 4.90 Å². The molecule has 2 atom stereocenters. The van der Waals surface area contributed by atoms with Crippen molar-refractivity contribution < 1.29 is 4.39 Å². The van der Waals surface area contributed by atoms with Crippen LogP contribution in [-0.4, -0.2) is 24.0 Å². The molecule has 2 N–H and O–H groups in total. The lowest BCUT2D eigenvalue weighted by Crippen LogP contribution is -2.46. The number of rotatable bonds is 3. The Morgan fingerprint density at radius 1 is 1.50 bits per heavy atom. The van der Waals surface area contributed by atoms with Gasteiger partial charge in [0.15, 0.2) is 0 Å². The van der Waals surface area contributed by atoms with E-state index in [1.165, 1.54) is 0 Å². The van der Waals surface area contributed by atoms with Crippen molar-refractivity contribution in [3.8, 4) is 0 Å². The standard InChI is InChI=1S/C14H20BrFN2/c1-2-11-9-18(6-5-14(11)17)8-10-3-4-12(15)13(16)7-10/h3-4,7,11,14H,2,5-6,8-9,17H2,1H3. The van der Waals surface area contributed by atoms with Crippen LogP contribution in [0.1, 0.15) is 25.3 Å². The van der Waals surface area contributed by atoms with Crippen LogP contribution in [0, 0.1) is 11.7 Å². The van der Waals surface area contributed by atoms with E-state index in [-0.39, 0.29) is 5.82 Å². The van der Waals surface area contributed by atoms with Gasteiger partial charge in [-0.05, 0) is 52.5 Å². The van der Waals surface area contributed by atoms with Gasteiger partial charge in [-0.25, -0.2) is 4.39 Å². The van der Waals surface area contributed by atoms with E-state index in [1.807, 2.05) is 6.07 Å². The smallest absolute Gasteiger partial charge is 0.137 e. The first-order chi connectivity index (χ1) is 8.60. The van der Waals surface area contributed by atoms with Crippen molar-refractivity contribution in [3.05, 3.63) is 34.1 Å². The maximum Gasteiger partial charge on any atom is 0.137 e. The van der Waals surface area contributed by atoms with Gasteiger partial charge in [0.1, 0.15) is 5.82 Å². The molecule has 18 heavy (non-hydrogen) atoms. The Kier molecular flexibility index (Phi) is 4.76. The minimum atomic E-state index is -0.187. The fourth-order valence-electron chi connectivity index (χ4n) is 2.60. The molecule has 1 aliphatic heterocycles. The van der Waals surface area contributed by atoms with Gasteiger partial charge in [0.2, 0.25) is 0 Å². The fraction of sp³-hybridized carbons (Fsp3) is 0.571. The first-order valence-corrected chi connectivity index (χ1v) is 7.31. The van der Waals surface area contributed by atoms with Crippen molar-refractivity contribution in [3.63, 3.8) is 0 Å². The highest BCUT2D eigenvalue weighted by Gasteiger charge is 2.25. The lowest BCUT2D eigenvalue weighted by molar-refractivity contribution is 0.145. The quantitative estimate of drug-likeness (QED) is 0.928. The predicted molar refractivity (Wildman–Crippen MR) is 75.8 cm³/mol. The van der Waals surface area contributed by atoms with Crippen molar-refractivity contribution in [2.45, 2.75) is 32.4 Å². The summed E-state index contributed by atoms with van der Waals surface area (Å²) in [5, 5.41) is 0. The van der Waals surface area contributed by atoms with E-state index in [2.05, 4.69) is 27.8 Å². The second kappa shape index (κ2) is 6.13. The highest BCUT2D eigenvalue weighted by Crippen LogP contribution is 2.22. The van der Waals surface area contributed by atoms with Crippen molar-refractivity contribution in [2.75, 3.05) is 13.1 Å². The van der Waals surface area contributed by atoms with Gasteiger partial charge in [-0.2, -0.15) is 0 Å². The summed E-state index contributed by atoms with van der Waals surface area (Å²) in [6.07, 6.45) is 2.16. The molecule has 0 amide bonds. The molecule has 0 aliphatic carbocycles. The molecule has 1 aromatic rings. The number of likely N-dealkylation sites (tertiary alicyclic amines) is 1. The van der Waals surface area contributed by atoms with Crippen molar-refractivity contribution >= 4 is 15.9 Å². The Hall–Kier alpha value is -0.450. The van der Waals surface area contributed by atoms with Crippen LogP contribution in [-0.2, 0) is 6.54 Å². The molecule has 0 aromatic heterocycles. The zero-order valence-electron chi connectivity index (χ0n) is 10.7. The molecule has 0 bridgehead atoms. The molecule has 2 nitrogen and oxygen atoms in total. The minimum absolute atomic E-state index is 0.187. The van der Waals surface area contributed by atoms with Crippen LogP contribution in [0.4, 0.5) is 4.39 Å². The van der Waals surface area contributed by atoms with E-state index in [9.17, 15) is 4.39 Å². The summed E-state index contributed by atoms with van der Waals surface area (Å²) in [5.41, 5.74) is 7.12. The van der Waals surface area contributed by atoms with Gasteiger partial charge in [-0.3, -0.25) is 4.90 Å². The molecule has 0 saturated carbocycles. The van der Waals surface area contributed by atoms with Crippen molar-refractivity contribution in [2.24, 2.45) is 11.7 Å². The number of hydrogen-bond acceptors (Lipinski definition) is 2. The lowest BCUT2D eigenvalue weighted by atomic mass is 9.90. The third kappa shape index (κ3) is 3.31. The Labute approximate surface area is 116 Å². The summed E-state index contributed by atoms with van der Waals surface area (Å²) in [4.78, 5) is 2.38. The second-order valence-corrected chi connectivity index (χ2v) is 5.96. The van der Waals surface area contributed by atoms with Crippen LogP contribution in [0.3, 0.4) is 0 Å². The van der Waals surface area contributed by atoms with Gasteiger partial charge >= 0.3 is 0 Å². The van der Waals surface area contributed by atoms with E-state index in [0.29, 0.717) is 16.4 Å². The average molecular weight is 315 g/mol. The van der Waals surface area contributed by atoms with E-state index in [1.54, 1.807) is 12.1 Å². The van der Waals surface area contributed by atoms with Gasteiger partial charge in [-0.15, -0.1) is 0 Å². The molecule has 0 radical (unpaired) electrons. The van der Waals surface area contributed by atoms with E-state index < -0.39 is 0 Å². The number of halogens is 2. The fourth-order valence-corrected chi connectivity index (χ4v) is 2.84. The lowest BCUT2D eigenvalue weighted by Gasteiger charge is -2.36. The summed E-state index contributed by atoms with van der Waals surface area (Å²) in [7, 11) is 0.